The van der Waals surface area contributed by atoms with Crippen LogP contribution in [0.3, 0.4) is 0 Å². The predicted octanol–water partition coefficient (Wildman–Crippen LogP) is 2.73. The zero-order valence-electron chi connectivity index (χ0n) is 15.9. The molecule has 23 heavy (non-hydrogen) atoms. The van der Waals surface area contributed by atoms with Crippen LogP contribution in [-0.2, 0) is 19.1 Å². The number of carbonyl (C=O) groups is 2. The third-order valence-electron chi connectivity index (χ3n) is 5.16. The van der Waals surface area contributed by atoms with Crippen LogP contribution >= 0.6 is 10.0 Å². The molecular formula is C17H34O5S. The Labute approximate surface area is 142 Å². The van der Waals surface area contributed by atoms with Gasteiger partial charge in [-0.25, -0.2) is 10.0 Å². The average molecular weight is 351 g/mol. The van der Waals surface area contributed by atoms with Gasteiger partial charge in [0.1, 0.15) is 11.4 Å². The molecule has 1 N–H and O–H groups in total. The summed E-state index contributed by atoms with van der Waals surface area (Å²) in [6.45, 7) is 9.74. The van der Waals surface area contributed by atoms with E-state index in [0.717, 1.165) is 6.42 Å². The van der Waals surface area contributed by atoms with Crippen molar-refractivity contribution < 1.29 is 24.2 Å². The molecule has 0 aliphatic heterocycles. The van der Waals surface area contributed by atoms with Gasteiger partial charge in [-0.05, 0) is 43.9 Å². The maximum atomic E-state index is 12.6. The molecule has 2 atom stereocenters. The van der Waals surface area contributed by atoms with Gasteiger partial charge in [-0.2, -0.15) is 0 Å². The third-order valence-corrected chi connectivity index (χ3v) is 9.31. The number of esters is 2. The van der Waals surface area contributed by atoms with Crippen LogP contribution < -0.4 is 0 Å². The maximum absolute atomic E-state index is 12.6. The third kappa shape index (κ3) is 5.11. The van der Waals surface area contributed by atoms with E-state index in [2.05, 4.69) is 33.3 Å². The van der Waals surface area contributed by atoms with Crippen LogP contribution in [0.5, 0.6) is 0 Å². The first-order chi connectivity index (χ1) is 10.4. The molecule has 0 aromatic rings. The van der Waals surface area contributed by atoms with Gasteiger partial charge in [0.25, 0.3) is 0 Å². The van der Waals surface area contributed by atoms with E-state index in [-0.39, 0.29) is 30.4 Å². The summed E-state index contributed by atoms with van der Waals surface area (Å²) in [7, 11) is -0.0591. The van der Waals surface area contributed by atoms with E-state index >= 15 is 0 Å². The van der Waals surface area contributed by atoms with Crippen LogP contribution in [0.4, 0.5) is 0 Å². The van der Waals surface area contributed by atoms with Crippen LogP contribution in [-0.4, -0.2) is 59.9 Å². The summed E-state index contributed by atoms with van der Waals surface area (Å²) in [6.07, 6.45) is 4.55. The number of carbonyl (C=O) groups excluding carboxylic acids is 2. The topological polar surface area (TPSA) is 72.8 Å². The SMILES string of the molecule is CCC(C)(C)C(C)(C(=O)OC)S(C)(C)CCC(=O)OCC(C)O. The number of ether oxygens (including phenoxy) is 2. The summed E-state index contributed by atoms with van der Waals surface area (Å²) in [4.78, 5) is 24.4. The molecule has 0 aromatic carbocycles. The van der Waals surface area contributed by atoms with Gasteiger partial charge in [0.15, 0.2) is 0 Å². The molecule has 0 radical (unpaired) electrons. The van der Waals surface area contributed by atoms with Gasteiger partial charge in [-0.3, -0.25) is 9.59 Å². The molecule has 0 saturated heterocycles. The molecule has 2 unspecified atom stereocenters. The van der Waals surface area contributed by atoms with Crippen molar-refractivity contribution in [2.75, 3.05) is 32.0 Å². The molecule has 5 nitrogen and oxygen atoms in total. The van der Waals surface area contributed by atoms with E-state index in [0.29, 0.717) is 5.75 Å². The fraction of sp³-hybridized carbons (Fsp3) is 0.882. The molecule has 6 heteroatoms. The van der Waals surface area contributed by atoms with Crippen LogP contribution in [0, 0.1) is 5.41 Å². The molecule has 0 saturated carbocycles. The van der Waals surface area contributed by atoms with E-state index < -0.39 is 20.9 Å². The Hall–Kier alpha value is -0.750. The van der Waals surface area contributed by atoms with Gasteiger partial charge in [0.05, 0.1) is 19.6 Å². The zero-order chi connectivity index (χ0) is 18.5. The number of aliphatic hydroxyl groups is 1. The Morgan fingerprint density at radius 3 is 2.13 bits per heavy atom. The summed E-state index contributed by atoms with van der Waals surface area (Å²) in [5.74, 6) is 0.0235. The second-order valence-electron chi connectivity index (χ2n) is 7.29. The molecular weight excluding hydrogens is 316 g/mol. The fourth-order valence-corrected chi connectivity index (χ4v) is 5.87. The summed E-state index contributed by atoms with van der Waals surface area (Å²) in [6, 6.07) is 0. The standard InChI is InChI=1S/C17H34O5S/c1-9-16(3,4)17(5,15(20)21-6)23(7,8)11-10-14(19)22-12-13(2)18/h13,18H,9-12H2,1-8H3. The first-order valence-corrected chi connectivity index (χ1v) is 10.6. The van der Waals surface area contributed by atoms with E-state index in [1.165, 1.54) is 7.11 Å². The predicted molar refractivity (Wildman–Crippen MR) is 96.1 cm³/mol. The molecule has 0 spiro atoms. The van der Waals surface area contributed by atoms with E-state index in [4.69, 9.17) is 14.6 Å². The highest BCUT2D eigenvalue weighted by atomic mass is 32.3. The van der Waals surface area contributed by atoms with Gasteiger partial charge < -0.3 is 14.6 Å². The Bertz CT molecular complexity index is 417. The largest absolute Gasteiger partial charge is 0.468 e. The first kappa shape index (κ1) is 22.2. The van der Waals surface area contributed by atoms with Crippen molar-refractivity contribution in [2.45, 2.75) is 58.3 Å². The zero-order valence-corrected chi connectivity index (χ0v) is 16.7. The van der Waals surface area contributed by atoms with Crippen LogP contribution in [0.2, 0.25) is 0 Å². The highest BCUT2D eigenvalue weighted by molar-refractivity contribution is 8.34. The lowest BCUT2D eigenvalue weighted by Crippen LogP contribution is -2.53. The maximum Gasteiger partial charge on any atom is 0.320 e. The molecule has 0 aliphatic rings. The quantitative estimate of drug-likeness (QED) is 0.647. The van der Waals surface area contributed by atoms with Crippen LogP contribution in [0.1, 0.15) is 47.5 Å². The minimum atomic E-state index is -1.47. The normalized spacial score (nSPS) is 17.1. The lowest BCUT2D eigenvalue weighted by molar-refractivity contribution is -0.147. The van der Waals surface area contributed by atoms with Crippen molar-refractivity contribution in [1.82, 2.24) is 0 Å². The summed E-state index contributed by atoms with van der Waals surface area (Å²) >= 11 is 0. The molecule has 0 bridgehead atoms. The number of hydrogen-bond donors (Lipinski definition) is 1. The van der Waals surface area contributed by atoms with Crippen LogP contribution in [0.25, 0.3) is 0 Å². The molecule has 0 heterocycles. The summed E-state index contributed by atoms with van der Waals surface area (Å²) in [5.41, 5.74) is -0.248. The Kier molecular flexibility index (Phi) is 8.10. The Morgan fingerprint density at radius 1 is 1.22 bits per heavy atom. The lowest BCUT2D eigenvalue weighted by Gasteiger charge is -2.55. The van der Waals surface area contributed by atoms with E-state index in [1.54, 1.807) is 6.92 Å². The average Bonchev–Trinajstić information content (AvgIpc) is 2.48. The minimum Gasteiger partial charge on any atom is -0.468 e. The Balaban J connectivity index is 5.23. The lowest BCUT2D eigenvalue weighted by atomic mass is 9.77. The molecule has 0 aromatic heterocycles. The number of methoxy groups -OCH3 is 1. The highest BCUT2D eigenvalue weighted by Crippen LogP contribution is 2.62. The van der Waals surface area contributed by atoms with Gasteiger partial charge >= 0.3 is 11.9 Å². The van der Waals surface area contributed by atoms with Gasteiger partial charge in [0, 0.05) is 0 Å². The molecule has 0 amide bonds. The van der Waals surface area contributed by atoms with Crippen molar-refractivity contribution in [3.8, 4) is 0 Å². The van der Waals surface area contributed by atoms with Crippen molar-refractivity contribution in [1.29, 1.82) is 0 Å². The number of aliphatic hydroxyl groups excluding tert-OH is 1. The number of rotatable bonds is 9. The van der Waals surface area contributed by atoms with E-state index in [9.17, 15) is 9.59 Å². The second kappa shape index (κ2) is 8.38. The minimum absolute atomic E-state index is 0.00329. The highest BCUT2D eigenvalue weighted by Gasteiger charge is 2.54. The van der Waals surface area contributed by atoms with Crippen molar-refractivity contribution in [3.05, 3.63) is 0 Å². The Morgan fingerprint density at radius 2 is 1.74 bits per heavy atom. The van der Waals surface area contributed by atoms with E-state index in [1.807, 2.05) is 6.92 Å². The molecule has 138 valence electrons. The fourth-order valence-electron chi connectivity index (χ4n) is 2.61. The molecule has 0 fully saturated rings. The van der Waals surface area contributed by atoms with Crippen molar-refractivity contribution in [3.63, 3.8) is 0 Å². The van der Waals surface area contributed by atoms with Crippen LogP contribution in [0.15, 0.2) is 0 Å². The van der Waals surface area contributed by atoms with Gasteiger partial charge in [-0.1, -0.05) is 20.8 Å². The monoisotopic (exact) mass is 350 g/mol. The summed E-state index contributed by atoms with van der Waals surface area (Å²) < 4.78 is 9.47. The molecule has 0 rings (SSSR count). The van der Waals surface area contributed by atoms with Gasteiger partial charge in [-0.15, -0.1) is 0 Å². The summed E-state index contributed by atoms with van der Waals surface area (Å²) in [5, 5.41) is 9.17. The van der Waals surface area contributed by atoms with Crippen molar-refractivity contribution in [2.24, 2.45) is 5.41 Å². The smallest absolute Gasteiger partial charge is 0.320 e. The second-order valence-corrected chi connectivity index (χ2v) is 11.6. The van der Waals surface area contributed by atoms with Gasteiger partial charge in [0.2, 0.25) is 0 Å². The number of hydrogen-bond acceptors (Lipinski definition) is 5. The first-order valence-electron chi connectivity index (χ1n) is 7.98. The van der Waals surface area contributed by atoms with Crippen molar-refractivity contribution >= 4 is 22.0 Å². The molecule has 0 aliphatic carbocycles.